The number of nitrogens with two attached hydrogens (primary N) is 1. The van der Waals surface area contributed by atoms with Gasteiger partial charge in [0.15, 0.2) is 5.69 Å². The SMILES string of the molecule is COC(=O)c1cc(C(N)CCO)n(C)n1. The van der Waals surface area contributed by atoms with E-state index in [9.17, 15) is 4.79 Å². The highest BCUT2D eigenvalue weighted by atomic mass is 16.5. The zero-order valence-corrected chi connectivity index (χ0v) is 8.80. The van der Waals surface area contributed by atoms with E-state index in [1.807, 2.05) is 0 Å². The molecule has 6 nitrogen and oxygen atoms in total. The van der Waals surface area contributed by atoms with E-state index >= 15 is 0 Å². The number of aryl methyl sites for hydroxylation is 1. The van der Waals surface area contributed by atoms with Gasteiger partial charge in [-0.2, -0.15) is 5.10 Å². The van der Waals surface area contributed by atoms with Gasteiger partial charge in [0.1, 0.15) is 0 Å². The maximum atomic E-state index is 11.2. The van der Waals surface area contributed by atoms with Crippen molar-refractivity contribution in [3.8, 4) is 0 Å². The number of hydrogen-bond donors (Lipinski definition) is 2. The molecule has 0 aliphatic rings. The summed E-state index contributed by atoms with van der Waals surface area (Å²) in [5.41, 5.74) is 6.71. The highest BCUT2D eigenvalue weighted by molar-refractivity contribution is 5.87. The molecule has 6 heteroatoms. The van der Waals surface area contributed by atoms with Gasteiger partial charge in [0.25, 0.3) is 0 Å². The third kappa shape index (κ3) is 2.54. The molecule has 0 saturated carbocycles. The quantitative estimate of drug-likeness (QED) is 0.663. The maximum absolute atomic E-state index is 11.2. The lowest BCUT2D eigenvalue weighted by molar-refractivity contribution is 0.0593. The topological polar surface area (TPSA) is 90.4 Å². The monoisotopic (exact) mass is 213 g/mol. The van der Waals surface area contributed by atoms with Crippen LogP contribution in [0.25, 0.3) is 0 Å². The average molecular weight is 213 g/mol. The van der Waals surface area contributed by atoms with Crippen LogP contribution >= 0.6 is 0 Å². The van der Waals surface area contributed by atoms with Crippen LogP contribution in [0, 0.1) is 0 Å². The van der Waals surface area contributed by atoms with Crippen molar-refractivity contribution in [2.45, 2.75) is 12.5 Å². The number of aliphatic hydroxyl groups excluding tert-OH is 1. The number of carbonyl (C=O) groups excluding carboxylic acids is 1. The summed E-state index contributed by atoms with van der Waals surface area (Å²) in [5.74, 6) is -0.493. The number of rotatable bonds is 4. The van der Waals surface area contributed by atoms with E-state index in [0.717, 1.165) is 0 Å². The summed E-state index contributed by atoms with van der Waals surface area (Å²) in [4.78, 5) is 11.2. The molecule has 0 aliphatic heterocycles. The molecule has 0 fully saturated rings. The van der Waals surface area contributed by atoms with Crippen LogP contribution in [0.5, 0.6) is 0 Å². The predicted molar refractivity (Wildman–Crippen MR) is 53.2 cm³/mol. The fourth-order valence-corrected chi connectivity index (χ4v) is 1.32. The Kier molecular flexibility index (Phi) is 3.81. The summed E-state index contributed by atoms with van der Waals surface area (Å²) in [6, 6.07) is 1.25. The van der Waals surface area contributed by atoms with Crippen molar-refractivity contribution < 1.29 is 14.6 Å². The molecule has 0 radical (unpaired) electrons. The third-order valence-electron chi connectivity index (χ3n) is 2.13. The average Bonchev–Trinajstić information content (AvgIpc) is 2.59. The van der Waals surface area contributed by atoms with E-state index in [4.69, 9.17) is 10.8 Å². The Hall–Kier alpha value is -1.40. The number of carbonyl (C=O) groups is 1. The second-order valence-corrected chi connectivity index (χ2v) is 3.19. The molecule has 1 aromatic rings. The lowest BCUT2D eigenvalue weighted by Gasteiger charge is -2.09. The van der Waals surface area contributed by atoms with Crippen LogP contribution in [0.1, 0.15) is 28.6 Å². The fourth-order valence-electron chi connectivity index (χ4n) is 1.32. The van der Waals surface area contributed by atoms with Crippen LogP contribution in [0.15, 0.2) is 6.07 Å². The highest BCUT2D eigenvalue weighted by Gasteiger charge is 2.16. The molecule has 0 saturated heterocycles. The Bertz CT molecular complexity index is 348. The van der Waals surface area contributed by atoms with Gasteiger partial charge in [0.05, 0.1) is 12.8 Å². The van der Waals surface area contributed by atoms with Crippen LogP contribution in [0.3, 0.4) is 0 Å². The normalized spacial score (nSPS) is 12.5. The Balaban J connectivity index is 2.90. The van der Waals surface area contributed by atoms with E-state index in [1.54, 1.807) is 13.1 Å². The van der Waals surface area contributed by atoms with Gasteiger partial charge in [-0.1, -0.05) is 0 Å². The molecule has 1 atom stereocenters. The molecule has 3 N–H and O–H groups in total. The van der Waals surface area contributed by atoms with Gasteiger partial charge in [-0.15, -0.1) is 0 Å². The van der Waals surface area contributed by atoms with Crippen molar-refractivity contribution in [2.75, 3.05) is 13.7 Å². The lowest BCUT2D eigenvalue weighted by Crippen LogP contribution is -2.15. The molecular weight excluding hydrogens is 198 g/mol. The van der Waals surface area contributed by atoms with Gasteiger partial charge < -0.3 is 15.6 Å². The number of hydrogen-bond acceptors (Lipinski definition) is 5. The zero-order valence-electron chi connectivity index (χ0n) is 8.80. The van der Waals surface area contributed by atoms with Crippen LogP contribution < -0.4 is 5.73 Å². The van der Waals surface area contributed by atoms with Gasteiger partial charge in [-0.05, 0) is 12.5 Å². The largest absolute Gasteiger partial charge is 0.464 e. The first-order valence-electron chi connectivity index (χ1n) is 4.58. The van der Waals surface area contributed by atoms with Crippen molar-refractivity contribution >= 4 is 5.97 Å². The molecule has 1 rings (SSSR count). The van der Waals surface area contributed by atoms with E-state index in [0.29, 0.717) is 12.1 Å². The Labute approximate surface area is 87.6 Å². The van der Waals surface area contributed by atoms with Crippen LogP contribution in [0.4, 0.5) is 0 Å². The first-order valence-corrected chi connectivity index (χ1v) is 4.58. The zero-order chi connectivity index (χ0) is 11.4. The predicted octanol–water partition coefficient (Wildman–Crippen LogP) is -0.411. The summed E-state index contributed by atoms with van der Waals surface area (Å²) in [6.07, 6.45) is 0.431. The Morgan fingerprint density at radius 1 is 1.80 bits per heavy atom. The molecule has 15 heavy (non-hydrogen) atoms. The Morgan fingerprint density at radius 2 is 2.47 bits per heavy atom. The highest BCUT2D eigenvalue weighted by Crippen LogP contribution is 2.14. The minimum Gasteiger partial charge on any atom is -0.464 e. The van der Waals surface area contributed by atoms with Gasteiger partial charge >= 0.3 is 5.97 Å². The summed E-state index contributed by atoms with van der Waals surface area (Å²) in [5, 5.41) is 12.7. The minimum absolute atomic E-state index is 0.0000950. The number of ether oxygens (including phenoxy) is 1. The van der Waals surface area contributed by atoms with E-state index in [1.165, 1.54) is 11.8 Å². The summed E-state index contributed by atoms with van der Waals surface area (Å²) >= 11 is 0. The molecule has 0 amide bonds. The smallest absolute Gasteiger partial charge is 0.358 e. The third-order valence-corrected chi connectivity index (χ3v) is 2.13. The van der Waals surface area contributed by atoms with Crippen molar-refractivity contribution in [1.82, 2.24) is 9.78 Å². The molecular formula is C9H15N3O3. The first kappa shape index (κ1) is 11.7. The van der Waals surface area contributed by atoms with E-state index in [2.05, 4.69) is 9.84 Å². The molecule has 1 aromatic heterocycles. The van der Waals surface area contributed by atoms with Crippen molar-refractivity contribution in [3.63, 3.8) is 0 Å². The van der Waals surface area contributed by atoms with Crippen molar-refractivity contribution in [1.29, 1.82) is 0 Å². The Morgan fingerprint density at radius 3 is 3.00 bits per heavy atom. The van der Waals surface area contributed by atoms with Gasteiger partial charge in [-0.3, -0.25) is 4.68 Å². The maximum Gasteiger partial charge on any atom is 0.358 e. The molecule has 84 valence electrons. The number of nitrogens with zero attached hydrogens (tertiary/aromatic N) is 2. The number of aromatic nitrogens is 2. The summed E-state index contributed by atoms with van der Waals surface area (Å²) < 4.78 is 6.06. The molecule has 1 unspecified atom stereocenters. The molecule has 0 aromatic carbocycles. The van der Waals surface area contributed by atoms with Crippen molar-refractivity contribution in [3.05, 3.63) is 17.5 Å². The molecule has 0 bridgehead atoms. The molecule has 0 spiro atoms. The van der Waals surface area contributed by atoms with E-state index < -0.39 is 5.97 Å². The summed E-state index contributed by atoms with van der Waals surface area (Å²) in [6.45, 7) is -0.0000950. The van der Waals surface area contributed by atoms with E-state index in [-0.39, 0.29) is 18.3 Å². The van der Waals surface area contributed by atoms with Crippen molar-refractivity contribution in [2.24, 2.45) is 12.8 Å². The second-order valence-electron chi connectivity index (χ2n) is 3.19. The number of methoxy groups -OCH3 is 1. The fraction of sp³-hybridized carbons (Fsp3) is 0.556. The van der Waals surface area contributed by atoms with Crippen LogP contribution in [-0.2, 0) is 11.8 Å². The van der Waals surface area contributed by atoms with Crippen LogP contribution in [0.2, 0.25) is 0 Å². The van der Waals surface area contributed by atoms with Gasteiger partial charge in [0.2, 0.25) is 0 Å². The summed E-state index contributed by atoms with van der Waals surface area (Å²) in [7, 11) is 2.99. The van der Waals surface area contributed by atoms with Crippen LogP contribution in [-0.4, -0.2) is 34.6 Å². The second kappa shape index (κ2) is 4.90. The molecule has 0 aliphatic carbocycles. The van der Waals surface area contributed by atoms with Gasteiger partial charge in [-0.25, -0.2) is 4.79 Å². The minimum atomic E-state index is -0.493. The standard InChI is InChI=1S/C9H15N3O3/c1-12-8(6(10)3-4-13)5-7(11-12)9(14)15-2/h5-6,13H,3-4,10H2,1-2H3. The number of aliphatic hydroxyl groups is 1. The molecule has 1 heterocycles. The number of esters is 1. The first-order chi connectivity index (χ1) is 7.10. The van der Waals surface area contributed by atoms with Gasteiger partial charge in [0, 0.05) is 19.7 Å². The lowest BCUT2D eigenvalue weighted by atomic mass is 10.1.